The first-order valence-corrected chi connectivity index (χ1v) is 8.97. The molecule has 0 spiro atoms. The molecule has 1 aliphatic heterocycles. The van der Waals surface area contributed by atoms with Crippen LogP contribution in [0.1, 0.15) is 18.7 Å². The summed E-state index contributed by atoms with van der Waals surface area (Å²) in [5, 5.41) is 7.33. The van der Waals surface area contributed by atoms with E-state index < -0.39 is 0 Å². The second-order valence-electron chi connectivity index (χ2n) is 6.62. The van der Waals surface area contributed by atoms with E-state index in [-0.39, 0.29) is 11.9 Å². The molecule has 3 heterocycles. The molecule has 3 aromatic rings. The first-order chi connectivity index (χ1) is 13.1. The minimum Gasteiger partial charge on any atom is -0.488 e. The Morgan fingerprint density at radius 3 is 3.07 bits per heavy atom. The van der Waals surface area contributed by atoms with Crippen LogP contribution < -0.4 is 15.4 Å². The first-order valence-electron chi connectivity index (χ1n) is 8.97. The average molecular weight is 362 g/mol. The van der Waals surface area contributed by atoms with Gasteiger partial charge >= 0.3 is 0 Å². The van der Waals surface area contributed by atoms with Crippen LogP contribution in [0.5, 0.6) is 5.75 Å². The van der Waals surface area contributed by atoms with Gasteiger partial charge in [0.2, 0.25) is 5.91 Å². The molecule has 0 radical (unpaired) electrons. The minimum absolute atomic E-state index is 0.196. The number of hydrogen-bond acceptors (Lipinski definition) is 4. The third-order valence-electron chi connectivity index (χ3n) is 4.90. The molecule has 1 aliphatic rings. The third-order valence-corrected chi connectivity index (χ3v) is 4.90. The monoisotopic (exact) mass is 362 g/mol. The zero-order valence-electron chi connectivity index (χ0n) is 15.5. The number of rotatable bonds is 4. The maximum absolute atomic E-state index is 11.9. The van der Waals surface area contributed by atoms with Gasteiger partial charge in [0.05, 0.1) is 12.6 Å². The van der Waals surface area contributed by atoms with Crippen LogP contribution in [0, 0.1) is 0 Å². The summed E-state index contributed by atoms with van der Waals surface area (Å²) in [6.07, 6.45) is 3.15. The maximum Gasteiger partial charge on any atom is 0.243 e. The lowest BCUT2D eigenvalue weighted by molar-refractivity contribution is -0.117. The molecule has 0 bridgehead atoms. The van der Waals surface area contributed by atoms with Crippen LogP contribution >= 0.6 is 0 Å². The fourth-order valence-corrected chi connectivity index (χ4v) is 3.72. The number of ether oxygens (including phenoxy) is 1. The van der Waals surface area contributed by atoms with Crippen molar-refractivity contribution in [3.63, 3.8) is 0 Å². The molecule has 2 N–H and O–H groups in total. The van der Waals surface area contributed by atoms with E-state index >= 15 is 0 Å². The predicted octanol–water partition coefficient (Wildman–Crippen LogP) is 3.41. The molecular formula is C21H22N4O2. The minimum atomic E-state index is -0.199. The van der Waals surface area contributed by atoms with E-state index in [1.165, 1.54) is 6.08 Å². The second kappa shape index (κ2) is 6.79. The fourth-order valence-electron chi connectivity index (χ4n) is 3.72. The molecular weight excluding hydrogens is 340 g/mol. The number of hydrogen-bond donors (Lipinski definition) is 2. The van der Waals surface area contributed by atoms with Crippen molar-refractivity contribution in [2.75, 3.05) is 18.5 Å². The van der Waals surface area contributed by atoms with Crippen molar-refractivity contribution < 1.29 is 9.53 Å². The van der Waals surface area contributed by atoms with Crippen LogP contribution in [-0.4, -0.2) is 28.6 Å². The summed E-state index contributed by atoms with van der Waals surface area (Å²) in [5.41, 5.74) is 4.12. The number of aryl methyl sites for hydroxylation is 1. The van der Waals surface area contributed by atoms with Crippen molar-refractivity contribution in [3.8, 4) is 16.9 Å². The number of pyridine rings is 1. The zero-order chi connectivity index (χ0) is 19.0. The zero-order valence-corrected chi connectivity index (χ0v) is 15.5. The quantitative estimate of drug-likeness (QED) is 0.698. The van der Waals surface area contributed by atoms with E-state index in [2.05, 4.69) is 38.9 Å². The molecule has 0 saturated heterocycles. The van der Waals surface area contributed by atoms with Crippen molar-refractivity contribution in [1.29, 1.82) is 0 Å². The highest BCUT2D eigenvalue weighted by molar-refractivity contribution is 5.99. The van der Waals surface area contributed by atoms with E-state index in [1.807, 2.05) is 38.4 Å². The molecule has 1 unspecified atom stereocenters. The van der Waals surface area contributed by atoms with E-state index in [1.54, 1.807) is 0 Å². The van der Waals surface area contributed by atoms with E-state index in [9.17, 15) is 4.79 Å². The van der Waals surface area contributed by atoms with E-state index in [4.69, 9.17) is 4.74 Å². The molecule has 6 heteroatoms. The summed E-state index contributed by atoms with van der Waals surface area (Å²) >= 11 is 0. The number of anilines is 1. The molecule has 4 rings (SSSR count). The normalized spacial score (nSPS) is 14.0. The number of benzene rings is 1. The van der Waals surface area contributed by atoms with Gasteiger partial charge < -0.3 is 19.9 Å². The van der Waals surface area contributed by atoms with Crippen LogP contribution in [0.4, 0.5) is 5.82 Å². The molecule has 27 heavy (non-hydrogen) atoms. The Kier molecular flexibility index (Phi) is 4.32. The number of aromatic nitrogens is 2. The Labute approximate surface area is 157 Å². The Hall–Kier alpha value is -3.28. The van der Waals surface area contributed by atoms with Crippen LogP contribution in [0.25, 0.3) is 22.0 Å². The molecule has 0 saturated carbocycles. The molecule has 0 fully saturated rings. The van der Waals surface area contributed by atoms with Crippen molar-refractivity contribution >= 4 is 22.6 Å². The molecule has 0 aliphatic carbocycles. The van der Waals surface area contributed by atoms with Gasteiger partial charge in [0, 0.05) is 41.0 Å². The largest absolute Gasteiger partial charge is 0.488 e. The molecule has 2 aromatic heterocycles. The average Bonchev–Trinajstić information content (AvgIpc) is 3.00. The Bertz CT molecular complexity index is 1040. The summed E-state index contributed by atoms with van der Waals surface area (Å²) in [5.74, 6) is 1.31. The van der Waals surface area contributed by atoms with Gasteiger partial charge in [-0.15, -0.1) is 0 Å². The third kappa shape index (κ3) is 2.93. The number of carbonyl (C=O) groups is 1. The summed E-state index contributed by atoms with van der Waals surface area (Å²) in [6, 6.07) is 10.0. The highest BCUT2D eigenvalue weighted by Gasteiger charge is 2.23. The number of para-hydroxylation sites is 1. The number of nitrogens with one attached hydrogen (secondary N) is 2. The van der Waals surface area contributed by atoms with Crippen LogP contribution in [0.15, 0.2) is 49.2 Å². The fraction of sp³-hybridized carbons (Fsp3) is 0.238. The second-order valence-corrected chi connectivity index (χ2v) is 6.62. The first kappa shape index (κ1) is 17.1. The molecule has 6 nitrogen and oxygen atoms in total. The predicted molar refractivity (Wildman–Crippen MR) is 107 cm³/mol. The number of carbonyl (C=O) groups excluding carboxylic acids is 1. The molecule has 1 amide bonds. The van der Waals surface area contributed by atoms with Gasteiger partial charge in [-0.25, -0.2) is 4.98 Å². The highest BCUT2D eigenvalue weighted by atomic mass is 16.5. The smallest absolute Gasteiger partial charge is 0.243 e. The summed E-state index contributed by atoms with van der Waals surface area (Å²) in [7, 11) is 2.02. The summed E-state index contributed by atoms with van der Waals surface area (Å²) in [6.45, 7) is 6.90. The summed E-state index contributed by atoms with van der Waals surface area (Å²) < 4.78 is 7.89. The van der Waals surface area contributed by atoms with Crippen LogP contribution in [-0.2, 0) is 11.8 Å². The Morgan fingerprint density at radius 2 is 2.26 bits per heavy atom. The number of nitrogens with zero attached hydrogens (tertiary/aromatic N) is 2. The topological polar surface area (TPSA) is 68.2 Å². The molecule has 1 atom stereocenters. The van der Waals surface area contributed by atoms with Gasteiger partial charge in [-0.2, -0.15) is 0 Å². The van der Waals surface area contributed by atoms with Crippen molar-refractivity contribution in [3.05, 3.63) is 54.9 Å². The van der Waals surface area contributed by atoms with Crippen LogP contribution in [0.3, 0.4) is 0 Å². The van der Waals surface area contributed by atoms with Gasteiger partial charge in [-0.05, 0) is 25.1 Å². The van der Waals surface area contributed by atoms with Gasteiger partial charge in [-0.1, -0.05) is 24.8 Å². The molecule has 1 aromatic carbocycles. The van der Waals surface area contributed by atoms with Gasteiger partial charge in [0.25, 0.3) is 0 Å². The maximum atomic E-state index is 11.9. The number of amides is 1. The SMILES string of the molecule is C=CC(=O)NC(C)c1c(-c2cnc3c(c2)OCCN3)c2ccccc2n1C. The van der Waals surface area contributed by atoms with Crippen molar-refractivity contribution in [2.45, 2.75) is 13.0 Å². The Balaban J connectivity index is 1.92. The number of fused-ring (bicyclic) bond motifs is 2. The lowest BCUT2D eigenvalue weighted by Crippen LogP contribution is -2.26. The van der Waals surface area contributed by atoms with Gasteiger partial charge in [0.15, 0.2) is 11.6 Å². The Morgan fingerprint density at radius 1 is 1.44 bits per heavy atom. The summed E-state index contributed by atoms with van der Waals surface area (Å²) in [4.78, 5) is 16.4. The van der Waals surface area contributed by atoms with E-state index in [0.717, 1.165) is 45.8 Å². The van der Waals surface area contributed by atoms with Crippen molar-refractivity contribution in [2.24, 2.45) is 7.05 Å². The van der Waals surface area contributed by atoms with Gasteiger partial charge in [0.1, 0.15) is 6.61 Å². The van der Waals surface area contributed by atoms with E-state index in [0.29, 0.717) is 6.61 Å². The lowest BCUT2D eigenvalue weighted by atomic mass is 10.00. The highest BCUT2D eigenvalue weighted by Crippen LogP contribution is 2.39. The van der Waals surface area contributed by atoms with Crippen molar-refractivity contribution in [1.82, 2.24) is 14.9 Å². The lowest BCUT2D eigenvalue weighted by Gasteiger charge is -2.20. The standard InChI is InChI=1S/C21H22N4O2/c1-4-18(26)24-13(2)20-19(15-7-5-6-8-16(15)25(20)3)14-11-17-21(23-12-14)22-9-10-27-17/h4-8,11-13H,1,9-10H2,2-3H3,(H,22,23)(H,24,26). The molecule has 138 valence electrons. The van der Waals surface area contributed by atoms with Crippen LogP contribution in [0.2, 0.25) is 0 Å². The van der Waals surface area contributed by atoms with Gasteiger partial charge in [-0.3, -0.25) is 4.79 Å².